The van der Waals surface area contributed by atoms with Crippen molar-refractivity contribution >= 4 is 21.6 Å². The summed E-state index contributed by atoms with van der Waals surface area (Å²) in [5.74, 6) is 0. The molecule has 0 aliphatic carbocycles. The van der Waals surface area contributed by atoms with Crippen molar-refractivity contribution in [1.29, 1.82) is 0 Å². The Kier molecular flexibility index (Phi) is 6.03. The van der Waals surface area contributed by atoms with E-state index in [9.17, 15) is 21.6 Å². The third-order valence-corrected chi connectivity index (χ3v) is 5.04. The molecule has 0 aliphatic heterocycles. The average Bonchev–Trinajstić information content (AvgIpc) is 2.39. The monoisotopic (exact) mass is 345 g/mol. The van der Waals surface area contributed by atoms with Crippen LogP contribution in [0.5, 0.6) is 0 Å². The molecule has 1 N–H and O–H groups in total. The lowest BCUT2D eigenvalue weighted by Crippen LogP contribution is -2.43. The van der Waals surface area contributed by atoms with Gasteiger partial charge in [0, 0.05) is 24.2 Å². The Morgan fingerprint density at radius 2 is 1.90 bits per heavy atom. The average molecular weight is 346 g/mol. The molecule has 0 heterocycles. The zero-order chi connectivity index (χ0) is 16.3. The van der Waals surface area contributed by atoms with Crippen molar-refractivity contribution in [3.8, 4) is 0 Å². The number of hydrogen-bond donors (Lipinski definition) is 1. The van der Waals surface area contributed by atoms with E-state index in [0.29, 0.717) is 17.5 Å². The molecule has 1 aromatic carbocycles. The van der Waals surface area contributed by atoms with Crippen LogP contribution in [0.15, 0.2) is 24.3 Å². The Morgan fingerprint density at radius 1 is 1.33 bits per heavy atom. The molecule has 0 fully saturated rings. The Labute approximate surface area is 126 Å². The van der Waals surface area contributed by atoms with Crippen LogP contribution in [-0.4, -0.2) is 33.5 Å². The Bertz CT molecular complexity index is 577. The number of sulfonamides is 1. The zero-order valence-corrected chi connectivity index (χ0v) is 12.9. The summed E-state index contributed by atoms with van der Waals surface area (Å²) >= 11 is 5.95. The highest BCUT2D eigenvalue weighted by atomic mass is 35.5. The van der Waals surface area contributed by atoms with Gasteiger partial charge in [0.25, 0.3) is 0 Å². The van der Waals surface area contributed by atoms with Gasteiger partial charge in [0.2, 0.25) is 10.0 Å². The molecular formula is C12H15ClF3NO3S. The van der Waals surface area contributed by atoms with Crippen molar-refractivity contribution in [2.45, 2.75) is 24.5 Å². The number of rotatable bonds is 6. The lowest BCUT2D eigenvalue weighted by molar-refractivity contribution is -0.127. The molecule has 0 aliphatic rings. The SMILES string of the molecule is CO[C@H](CNS(=O)(=O)[C@H](C)C(F)(F)F)c1ccccc1Cl. The molecule has 0 spiro atoms. The number of benzene rings is 1. The topological polar surface area (TPSA) is 55.4 Å². The second-order valence-corrected chi connectivity index (χ2v) is 6.82. The fourth-order valence-corrected chi connectivity index (χ4v) is 2.79. The number of alkyl halides is 3. The van der Waals surface area contributed by atoms with Gasteiger partial charge in [-0.3, -0.25) is 0 Å². The van der Waals surface area contributed by atoms with Crippen molar-refractivity contribution in [1.82, 2.24) is 4.72 Å². The first kappa shape index (κ1) is 18.2. The fraction of sp³-hybridized carbons (Fsp3) is 0.500. The summed E-state index contributed by atoms with van der Waals surface area (Å²) in [5, 5.41) is -2.17. The van der Waals surface area contributed by atoms with Gasteiger partial charge in [0.05, 0.1) is 6.10 Å². The minimum absolute atomic E-state index is 0.340. The van der Waals surface area contributed by atoms with Crippen LogP contribution in [0.2, 0.25) is 5.02 Å². The highest BCUT2D eigenvalue weighted by Gasteiger charge is 2.45. The van der Waals surface area contributed by atoms with Crippen molar-refractivity contribution in [2.75, 3.05) is 13.7 Å². The minimum atomic E-state index is -4.83. The van der Waals surface area contributed by atoms with E-state index in [0.717, 1.165) is 0 Å². The van der Waals surface area contributed by atoms with Gasteiger partial charge in [0.15, 0.2) is 5.25 Å². The van der Waals surface area contributed by atoms with E-state index in [4.69, 9.17) is 16.3 Å². The van der Waals surface area contributed by atoms with Crippen LogP contribution in [0, 0.1) is 0 Å². The highest BCUT2D eigenvalue weighted by Crippen LogP contribution is 2.27. The van der Waals surface area contributed by atoms with E-state index in [-0.39, 0.29) is 6.54 Å². The summed E-state index contributed by atoms with van der Waals surface area (Å²) in [6, 6.07) is 6.53. The van der Waals surface area contributed by atoms with Crippen molar-refractivity contribution < 1.29 is 26.3 Å². The molecule has 21 heavy (non-hydrogen) atoms. The molecule has 1 aromatic rings. The third-order valence-electron chi connectivity index (χ3n) is 2.93. The van der Waals surface area contributed by atoms with E-state index >= 15 is 0 Å². The molecule has 0 bridgehead atoms. The number of halogens is 4. The molecule has 4 nitrogen and oxygen atoms in total. The molecule has 0 saturated heterocycles. The summed E-state index contributed by atoms with van der Waals surface area (Å²) in [6.45, 7) is 0.239. The predicted octanol–water partition coefficient (Wildman–Crippen LogP) is 2.90. The quantitative estimate of drug-likeness (QED) is 0.862. The summed E-state index contributed by atoms with van der Waals surface area (Å²) in [7, 11) is -3.23. The van der Waals surface area contributed by atoms with Crippen LogP contribution in [0.4, 0.5) is 13.2 Å². The van der Waals surface area contributed by atoms with Crippen molar-refractivity contribution in [3.63, 3.8) is 0 Å². The van der Waals surface area contributed by atoms with E-state index < -0.39 is 27.6 Å². The standard InChI is InChI=1S/C12H15ClF3NO3S/c1-8(12(14,15)16)21(18,19)17-7-11(20-2)9-5-3-4-6-10(9)13/h3-6,8,11,17H,7H2,1-2H3/t8-,11-/m1/s1. The van der Waals surface area contributed by atoms with Gasteiger partial charge < -0.3 is 4.74 Å². The molecule has 9 heteroatoms. The molecule has 0 unspecified atom stereocenters. The first-order chi connectivity index (χ1) is 9.59. The third kappa shape index (κ3) is 4.84. The van der Waals surface area contributed by atoms with Crippen LogP contribution >= 0.6 is 11.6 Å². The molecule has 0 aromatic heterocycles. The van der Waals surface area contributed by atoms with Gasteiger partial charge >= 0.3 is 6.18 Å². The normalized spacial score (nSPS) is 15.7. The second kappa shape index (κ2) is 6.95. The van der Waals surface area contributed by atoms with Gasteiger partial charge in [-0.15, -0.1) is 0 Å². The maximum absolute atomic E-state index is 12.5. The highest BCUT2D eigenvalue weighted by molar-refractivity contribution is 7.90. The first-order valence-electron chi connectivity index (χ1n) is 5.92. The Hall–Kier alpha value is -0.830. The molecule has 1 rings (SSSR count). The summed E-state index contributed by atoms with van der Waals surface area (Å²) in [6.07, 6.45) is -5.62. The lowest BCUT2D eigenvalue weighted by Gasteiger charge is -2.21. The Balaban J connectivity index is 2.84. The largest absolute Gasteiger partial charge is 0.406 e. The maximum atomic E-state index is 12.5. The predicted molar refractivity (Wildman–Crippen MR) is 73.6 cm³/mol. The number of nitrogens with one attached hydrogen (secondary N) is 1. The molecule has 2 atom stereocenters. The second-order valence-electron chi connectivity index (χ2n) is 4.32. The number of hydrogen-bond acceptors (Lipinski definition) is 3. The Morgan fingerprint density at radius 3 is 2.38 bits per heavy atom. The van der Waals surface area contributed by atoms with Crippen LogP contribution in [0.3, 0.4) is 0 Å². The van der Waals surface area contributed by atoms with Gasteiger partial charge in [-0.25, -0.2) is 13.1 Å². The van der Waals surface area contributed by atoms with Gasteiger partial charge in [0.1, 0.15) is 0 Å². The first-order valence-corrected chi connectivity index (χ1v) is 7.84. The maximum Gasteiger partial charge on any atom is 0.406 e. The molecule has 0 amide bonds. The lowest BCUT2D eigenvalue weighted by atomic mass is 10.1. The fourth-order valence-electron chi connectivity index (χ4n) is 1.55. The van der Waals surface area contributed by atoms with Gasteiger partial charge in [-0.2, -0.15) is 13.2 Å². The van der Waals surface area contributed by atoms with Crippen LogP contribution in [0.1, 0.15) is 18.6 Å². The summed E-state index contributed by atoms with van der Waals surface area (Å²) in [4.78, 5) is 0. The summed E-state index contributed by atoms with van der Waals surface area (Å²) < 4.78 is 67.6. The zero-order valence-electron chi connectivity index (χ0n) is 11.3. The van der Waals surface area contributed by atoms with Crippen LogP contribution in [0.25, 0.3) is 0 Å². The molecular weight excluding hydrogens is 331 g/mol. The molecule has 0 saturated carbocycles. The number of methoxy groups -OCH3 is 1. The van der Waals surface area contributed by atoms with Crippen LogP contribution < -0.4 is 4.72 Å². The van der Waals surface area contributed by atoms with E-state index in [2.05, 4.69) is 0 Å². The van der Waals surface area contributed by atoms with Crippen LogP contribution in [-0.2, 0) is 14.8 Å². The van der Waals surface area contributed by atoms with E-state index in [1.807, 2.05) is 4.72 Å². The minimum Gasteiger partial charge on any atom is -0.375 e. The van der Waals surface area contributed by atoms with Gasteiger partial charge in [-0.1, -0.05) is 29.8 Å². The molecule has 0 radical (unpaired) electrons. The molecule has 120 valence electrons. The van der Waals surface area contributed by atoms with Gasteiger partial charge in [-0.05, 0) is 13.0 Å². The van der Waals surface area contributed by atoms with Crippen molar-refractivity contribution in [3.05, 3.63) is 34.9 Å². The number of ether oxygens (including phenoxy) is 1. The smallest absolute Gasteiger partial charge is 0.375 e. The van der Waals surface area contributed by atoms with Crippen molar-refractivity contribution in [2.24, 2.45) is 0 Å². The van der Waals surface area contributed by atoms with E-state index in [1.165, 1.54) is 7.11 Å². The summed E-state index contributed by atoms with van der Waals surface area (Å²) in [5.41, 5.74) is 0.490. The van der Waals surface area contributed by atoms with E-state index in [1.54, 1.807) is 24.3 Å².